The number of carboxylic acid groups (broad SMARTS) is 1. The molecule has 0 fully saturated rings. The first-order valence-corrected chi connectivity index (χ1v) is 6.54. The fourth-order valence-corrected chi connectivity index (χ4v) is 1.96. The second kappa shape index (κ2) is 6.93. The predicted octanol–water partition coefficient (Wildman–Crippen LogP) is 4.84. The van der Waals surface area contributed by atoms with Crippen LogP contribution in [0.25, 0.3) is 6.08 Å². The fourth-order valence-electron chi connectivity index (χ4n) is 1.96. The summed E-state index contributed by atoms with van der Waals surface area (Å²) in [4.78, 5) is 10.9. The van der Waals surface area contributed by atoms with Crippen molar-refractivity contribution in [2.24, 2.45) is 0 Å². The van der Waals surface area contributed by atoms with Gasteiger partial charge in [0.15, 0.2) is 0 Å². The van der Waals surface area contributed by atoms with Gasteiger partial charge in [-0.25, -0.2) is 4.79 Å². The zero-order valence-electron chi connectivity index (χ0n) is 12.2. The number of aromatic carboxylic acids is 1. The van der Waals surface area contributed by atoms with Crippen LogP contribution in [0.3, 0.4) is 0 Å². The third-order valence-electron chi connectivity index (χ3n) is 2.99. The predicted molar refractivity (Wildman–Crippen MR) is 80.5 cm³/mol. The number of benzene rings is 1. The van der Waals surface area contributed by atoms with E-state index in [0.29, 0.717) is 5.56 Å². The van der Waals surface area contributed by atoms with Crippen molar-refractivity contribution in [2.45, 2.75) is 40.5 Å². The van der Waals surface area contributed by atoms with Crippen LogP contribution in [0.1, 0.15) is 55.1 Å². The minimum Gasteiger partial charge on any atom is -0.478 e. The number of aryl methyl sites for hydroxylation is 1. The molecule has 2 heteroatoms. The summed E-state index contributed by atoms with van der Waals surface area (Å²) < 4.78 is 0. The first-order valence-electron chi connectivity index (χ1n) is 6.54. The van der Waals surface area contributed by atoms with Crippen molar-refractivity contribution < 1.29 is 9.90 Å². The molecule has 1 rings (SSSR count). The first-order chi connectivity index (χ1) is 8.90. The molecule has 0 aliphatic carbocycles. The van der Waals surface area contributed by atoms with E-state index in [4.69, 9.17) is 5.11 Å². The van der Waals surface area contributed by atoms with Gasteiger partial charge in [-0.3, -0.25) is 0 Å². The lowest BCUT2D eigenvalue weighted by Crippen LogP contribution is -1.99. The number of hydrogen-bond acceptors (Lipinski definition) is 1. The van der Waals surface area contributed by atoms with Gasteiger partial charge >= 0.3 is 5.97 Å². The van der Waals surface area contributed by atoms with Gasteiger partial charge in [0.1, 0.15) is 0 Å². The molecule has 2 nitrogen and oxygen atoms in total. The van der Waals surface area contributed by atoms with Crippen molar-refractivity contribution in [3.8, 4) is 0 Å². The summed E-state index contributed by atoms with van der Waals surface area (Å²) in [7, 11) is 0. The van der Waals surface area contributed by atoms with E-state index in [-0.39, 0.29) is 0 Å². The Morgan fingerprint density at radius 2 is 1.95 bits per heavy atom. The number of carbonyl (C=O) groups is 1. The average molecular weight is 258 g/mol. The third kappa shape index (κ3) is 5.12. The van der Waals surface area contributed by atoms with Crippen LogP contribution >= 0.6 is 0 Å². The Balaban J connectivity index is 2.78. The molecular weight excluding hydrogens is 236 g/mol. The highest BCUT2D eigenvalue weighted by Crippen LogP contribution is 2.16. The Hall–Kier alpha value is -1.83. The second-order valence-electron chi connectivity index (χ2n) is 5.19. The molecule has 0 aromatic heterocycles. The van der Waals surface area contributed by atoms with Gasteiger partial charge in [-0.05, 0) is 57.7 Å². The van der Waals surface area contributed by atoms with Crippen LogP contribution in [0.2, 0.25) is 0 Å². The average Bonchev–Trinajstić information content (AvgIpc) is 2.27. The molecule has 102 valence electrons. The van der Waals surface area contributed by atoms with Gasteiger partial charge in [-0.2, -0.15) is 0 Å². The minimum absolute atomic E-state index is 0.374. The van der Waals surface area contributed by atoms with E-state index in [1.807, 2.05) is 19.1 Å². The van der Waals surface area contributed by atoms with Gasteiger partial charge in [0.2, 0.25) is 0 Å². The Morgan fingerprint density at radius 1 is 1.26 bits per heavy atom. The van der Waals surface area contributed by atoms with Gasteiger partial charge in [-0.15, -0.1) is 0 Å². The number of allylic oxidation sites excluding steroid dienone is 3. The molecule has 0 heterocycles. The smallest absolute Gasteiger partial charge is 0.335 e. The normalized spacial score (nSPS) is 11.3. The van der Waals surface area contributed by atoms with Gasteiger partial charge in [0.25, 0.3) is 0 Å². The van der Waals surface area contributed by atoms with Crippen LogP contribution < -0.4 is 0 Å². The molecule has 0 bridgehead atoms. The van der Waals surface area contributed by atoms with Crippen LogP contribution in [-0.4, -0.2) is 11.1 Å². The quantitative estimate of drug-likeness (QED) is 0.767. The Bertz CT molecular complexity index is 518. The molecule has 1 N–H and O–H groups in total. The van der Waals surface area contributed by atoms with Crippen LogP contribution in [0, 0.1) is 6.92 Å². The minimum atomic E-state index is -0.867. The van der Waals surface area contributed by atoms with Crippen LogP contribution in [0.15, 0.2) is 35.4 Å². The topological polar surface area (TPSA) is 37.3 Å². The Kier molecular flexibility index (Phi) is 5.56. The highest BCUT2D eigenvalue weighted by Gasteiger charge is 2.06. The molecule has 0 spiro atoms. The summed E-state index contributed by atoms with van der Waals surface area (Å²) in [5.74, 6) is -0.867. The molecule has 0 saturated heterocycles. The molecule has 1 aromatic rings. The maximum Gasteiger partial charge on any atom is 0.335 e. The van der Waals surface area contributed by atoms with E-state index < -0.39 is 5.97 Å². The van der Waals surface area contributed by atoms with Crippen molar-refractivity contribution >= 4 is 12.0 Å². The van der Waals surface area contributed by atoms with Crippen molar-refractivity contribution in [3.63, 3.8) is 0 Å². The maximum atomic E-state index is 10.9. The molecular formula is C17H22O2. The summed E-state index contributed by atoms with van der Waals surface area (Å²) in [5, 5.41) is 8.98. The van der Waals surface area contributed by atoms with Gasteiger partial charge in [0.05, 0.1) is 5.56 Å². The number of hydrogen-bond donors (Lipinski definition) is 1. The third-order valence-corrected chi connectivity index (χ3v) is 2.99. The van der Waals surface area contributed by atoms with Crippen molar-refractivity contribution in [1.82, 2.24) is 0 Å². The molecule has 0 unspecified atom stereocenters. The molecule has 1 aromatic carbocycles. The monoisotopic (exact) mass is 258 g/mol. The lowest BCUT2D eigenvalue weighted by Gasteiger charge is -2.04. The Morgan fingerprint density at radius 3 is 2.47 bits per heavy atom. The van der Waals surface area contributed by atoms with Gasteiger partial charge < -0.3 is 5.11 Å². The van der Waals surface area contributed by atoms with Crippen molar-refractivity contribution in [1.29, 1.82) is 0 Å². The lowest BCUT2D eigenvalue weighted by atomic mass is 10.0. The largest absolute Gasteiger partial charge is 0.478 e. The molecule has 0 saturated carbocycles. The first kappa shape index (κ1) is 15.2. The summed E-state index contributed by atoms with van der Waals surface area (Å²) in [6, 6.07) is 5.46. The number of rotatable bonds is 5. The standard InChI is InChI=1S/C17H22O2/c1-12(2)6-5-7-13(3)10-15-8-9-16(17(18)19)14(4)11-15/h6,8-11H,5,7H2,1-4H3,(H,18,19)/b13-10+. The van der Waals surface area contributed by atoms with Crippen LogP contribution in [-0.2, 0) is 0 Å². The molecule has 0 aliphatic rings. The van der Waals surface area contributed by atoms with E-state index in [2.05, 4.69) is 32.9 Å². The van der Waals surface area contributed by atoms with Gasteiger partial charge in [0, 0.05) is 0 Å². The second-order valence-corrected chi connectivity index (χ2v) is 5.19. The van der Waals surface area contributed by atoms with E-state index in [1.165, 1.54) is 11.1 Å². The van der Waals surface area contributed by atoms with Crippen LogP contribution in [0.4, 0.5) is 0 Å². The number of carboxylic acids is 1. The summed E-state index contributed by atoms with van der Waals surface area (Å²) >= 11 is 0. The maximum absolute atomic E-state index is 10.9. The van der Waals surface area contributed by atoms with Gasteiger partial charge in [-0.1, -0.05) is 35.4 Å². The highest BCUT2D eigenvalue weighted by molar-refractivity contribution is 5.89. The van der Waals surface area contributed by atoms with E-state index >= 15 is 0 Å². The Labute approximate surface area is 115 Å². The van der Waals surface area contributed by atoms with E-state index in [0.717, 1.165) is 24.0 Å². The molecule has 0 radical (unpaired) electrons. The molecule has 0 atom stereocenters. The SMILES string of the molecule is CC(C)=CCC/C(C)=C/c1ccc(C(=O)O)c(C)c1. The summed E-state index contributed by atoms with van der Waals surface area (Å²) in [6.45, 7) is 8.15. The molecule has 0 aliphatic heterocycles. The highest BCUT2D eigenvalue weighted by atomic mass is 16.4. The van der Waals surface area contributed by atoms with Crippen LogP contribution in [0.5, 0.6) is 0 Å². The zero-order valence-corrected chi connectivity index (χ0v) is 12.2. The summed E-state index contributed by atoms with van der Waals surface area (Å²) in [5.41, 5.74) is 4.89. The molecule has 19 heavy (non-hydrogen) atoms. The van der Waals surface area contributed by atoms with Crippen molar-refractivity contribution in [2.75, 3.05) is 0 Å². The lowest BCUT2D eigenvalue weighted by molar-refractivity contribution is 0.0696. The zero-order chi connectivity index (χ0) is 14.4. The summed E-state index contributed by atoms with van der Waals surface area (Å²) in [6.07, 6.45) is 6.44. The van der Waals surface area contributed by atoms with Crippen molar-refractivity contribution in [3.05, 3.63) is 52.1 Å². The molecule has 0 amide bonds. The van der Waals surface area contributed by atoms with E-state index in [1.54, 1.807) is 6.07 Å². The van der Waals surface area contributed by atoms with E-state index in [9.17, 15) is 4.79 Å². The fraction of sp³-hybridized carbons (Fsp3) is 0.353.